The molecule has 1 N–H and O–H groups in total. The number of anilines is 2. The van der Waals surface area contributed by atoms with Gasteiger partial charge in [-0.05, 0) is 61.6 Å². The average Bonchev–Trinajstić information content (AvgIpc) is 3.29. The number of carbonyl (C=O) groups is 2. The summed E-state index contributed by atoms with van der Waals surface area (Å²) in [6.07, 6.45) is 4.12. The maximum Gasteiger partial charge on any atom is 0.238 e. The summed E-state index contributed by atoms with van der Waals surface area (Å²) in [5.41, 5.74) is 4.23. The van der Waals surface area contributed by atoms with E-state index in [0.717, 1.165) is 55.7 Å². The molecule has 146 valence electrons. The van der Waals surface area contributed by atoms with Crippen LogP contribution in [0.2, 0.25) is 0 Å². The molecular formula is C23H27N3O2. The van der Waals surface area contributed by atoms with E-state index < -0.39 is 0 Å². The topological polar surface area (TPSA) is 52.7 Å². The van der Waals surface area contributed by atoms with E-state index in [-0.39, 0.29) is 11.8 Å². The second-order valence-electron chi connectivity index (χ2n) is 7.77. The number of nitrogens with zero attached hydrogens (tertiary/aromatic N) is 2. The van der Waals surface area contributed by atoms with Gasteiger partial charge in [-0.2, -0.15) is 0 Å². The van der Waals surface area contributed by atoms with Crippen LogP contribution >= 0.6 is 0 Å². The number of likely N-dealkylation sites (tertiary alicyclic amines) is 1. The summed E-state index contributed by atoms with van der Waals surface area (Å²) in [7, 11) is 0. The van der Waals surface area contributed by atoms with E-state index in [1.807, 2.05) is 24.3 Å². The highest BCUT2D eigenvalue weighted by atomic mass is 16.2. The van der Waals surface area contributed by atoms with Crippen molar-refractivity contribution < 1.29 is 9.59 Å². The van der Waals surface area contributed by atoms with Crippen LogP contribution in [0.4, 0.5) is 11.4 Å². The highest BCUT2D eigenvalue weighted by molar-refractivity contribution is 5.96. The Balaban J connectivity index is 1.36. The van der Waals surface area contributed by atoms with Gasteiger partial charge in [0, 0.05) is 30.9 Å². The Morgan fingerprint density at radius 1 is 1.11 bits per heavy atom. The lowest BCUT2D eigenvalue weighted by Crippen LogP contribution is -2.37. The molecule has 2 aliphatic heterocycles. The van der Waals surface area contributed by atoms with Crippen molar-refractivity contribution >= 4 is 23.2 Å². The zero-order valence-electron chi connectivity index (χ0n) is 16.4. The Morgan fingerprint density at radius 2 is 1.93 bits per heavy atom. The summed E-state index contributed by atoms with van der Waals surface area (Å²) in [6, 6.07) is 16.8. The first kappa shape index (κ1) is 18.7. The second-order valence-corrected chi connectivity index (χ2v) is 7.77. The minimum atomic E-state index is 0.0290. The first-order valence-corrected chi connectivity index (χ1v) is 10.1. The molecule has 0 unspecified atom stereocenters. The number of carbonyl (C=O) groups excluding carboxylic acids is 2. The fourth-order valence-electron chi connectivity index (χ4n) is 4.41. The zero-order chi connectivity index (χ0) is 19.5. The molecule has 2 amide bonds. The Labute approximate surface area is 166 Å². The zero-order valence-corrected chi connectivity index (χ0v) is 16.4. The van der Waals surface area contributed by atoms with Gasteiger partial charge >= 0.3 is 0 Å². The van der Waals surface area contributed by atoms with E-state index >= 15 is 0 Å². The van der Waals surface area contributed by atoms with Crippen LogP contribution < -0.4 is 10.2 Å². The predicted octanol–water partition coefficient (Wildman–Crippen LogP) is 3.24. The van der Waals surface area contributed by atoms with Crippen LogP contribution in [0.25, 0.3) is 0 Å². The van der Waals surface area contributed by atoms with E-state index in [0.29, 0.717) is 12.6 Å². The minimum absolute atomic E-state index is 0.0290. The van der Waals surface area contributed by atoms with Crippen molar-refractivity contribution in [1.82, 2.24) is 4.90 Å². The monoisotopic (exact) mass is 377 g/mol. The molecule has 0 bridgehead atoms. The van der Waals surface area contributed by atoms with E-state index in [2.05, 4.69) is 34.5 Å². The van der Waals surface area contributed by atoms with E-state index in [4.69, 9.17) is 0 Å². The van der Waals surface area contributed by atoms with Crippen molar-refractivity contribution in [2.75, 3.05) is 29.9 Å². The Kier molecular flexibility index (Phi) is 5.44. The molecule has 1 atom stereocenters. The Hall–Kier alpha value is -2.66. The van der Waals surface area contributed by atoms with Crippen LogP contribution in [0.1, 0.15) is 30.9 Å². The molecule has 0 spiro atoms. The fourth-order valence-corrected chi connectivity index (χ4v) is 4.41. The third kappa shape index (κ3) is 4.09. The molecule has 4 rings (SSSR count). The van der Waals surface area contributed by atoms with Crippen molar-refractivity contribution in [3.05, 3.63) is 59.7 Å². The van der Waals surface area contributed by atoms with Crippen LogP contribution in [0, 0.1) is 0 Å². The molecule has 5 heteroatoms. The number of fused-ring (bicyclic) bond motifs is 1. The van der Waals surface area contributed by atoms with Gasteiger partial charge in [-0.15, -0.1) is 0 Å². The van der Waals surface area contributed by atoms with Crippen molar-refractivity contribution in [3.63, 3.8) is 0 Å². The Morgan fingerprint density at radius 3 is 2.71 bits per heavy atom. The fraction of sp³-hybridized carbons (Fsp3) is 0.391. The number of amides is 2. The molecule has 2 aliphatic rings. The highest BCUT2D eigenvalue weighted by Gasteiger charge is 2.27. The lowest BCUT2D eigenvalue weighted by atomic mass is 10.0. The maximum atomic E-state index is 12.6. The normalized spacial score (nSPS) is 18.9. The number of hydrogen-bond acceptors (Lipinski definition) is 3. The first-order valence-electron chi connectivity index (χ1n) is 10.1. The molecule has 5 nitrogen and oxygen atoms in total. The van der Waals surface area contributed by atoms with Crippen LogP contribution in [-0.4, -0.2) is 42.4 Å². The van der Waals surface area contributed by atoms with Gasteiger partial charge in [-0.25, -0.2) is 0 Å². The molecule has 2 aromatic rings. The molecule has 0 aliphatic carbocycles. The van der Waals surface area contributed by atoms with Crippen LogP contribution in [0.15, 0.2) is 48.5 Å². The molecule has 2 aromatic carbocycles. The highest BCUT2D eigenvalue weighted by Crippen LogP contribution is 2.30. The van der Waals surface area contributed by atoms with Gasteiger partial charge in [0.2, 0.25) is 11.8 Å². The molecule has 1 saturated heterocycles. The van der Waals surface area contributed by atoms with Crippen molar-refractivity contribution in [2.24, 2.45) is 0 Å². The molecule has 0 radical (unpaired) electrons. The number of rotatable bonds is 5. The standard InChI is InChI=1S/C23H27N3O2/c1-17(27)26-13-11-19-15-20(9-10-22(19)26)24-23(28)16-25-12-5-8-21(25)14-18-6-3-2-4-7-18/h2-4,6-7,9-10,15,21H,5,8,11-14,16H2,1H3,(H,24,28)/t21-/m1/s1. The van der Waals surface area contributed by atoms with Gasteiger partial charge in [-0.1, -0.05) is 30.3 Å². The van der Waals surface area contributed by atoms with Crippen LogP contribution in [0.5, 0.6) is 0 Å². The second kappa shape index (κ2) is 8.15. The molecular weight excluding hydrogens is 350 g/mol. The predicted molar refractivity (Wildman–Crippen MR) is 112 cm³/mol. The summed E-state index contributed by atoms with van der Waals surface area (Å²) in [5.74, 6) is 0.0929. The summed E-state index contributed by atoms with van der Waals surface area (Å²) in [5, 5.41) is 3.04. The van der Waals surface area contributed by atoms with E-state index in [1.165, 1.54) is 5.56 Å². The third-order valence-corrected chi connectivity index (χ3v) is 5.80. The van der Waals surface area contributed by atoms with Crippen molar-refractivity contribution in [3.8, 4) is 0 Å². The SMILES string of the molecule is CC(=O)N1CCc2cc(NC(=O)CN3CCC[C@@H]3Cc3ccccc3)ccc21. The summed E-state index contributed by atoms with van der Waals surface area (Å²) in [6.45, 7) is 3.71. The van der Waals surface area contributed by atoms with E-state index in [9.17, 15) is 9.59 Å². The van der Waals surface area contributed by atoms with Gasteiger partial charge < -0.3 is 10.2 Å². The summed E-state index contributed by atoms with van der Waals surface area (Å²) < 4.78 is 0. The molecule has 1 fully saturated rings. The summed E-state index contributed by atoms with van der Waals surface area (Å²) in [4.78, 5) is 28.4. The average molecular weight is 377 g/mol. The number of nitrogens with one attached hydrogen (secondary N) is 1. The minimum Gasteiger partial charge on any atom is -0.325 e. The number of hydrogen-bond donors (Lipinski definition) is 1. The Bertz CT molecular complexity index is 865. The first-order chi connectivity index (χ1) is 13.6. The van der Waals surface area contributed by atoms with Crippen LogP contribution in [-0.2, 0) is 22.4 Å². The lowest BCUT2D eigenvalue weighted by molar-refractivity contribution is -0.118. The van der Waals surface area contributed by atoms with Crippen molar-refractivity contribution in [1.29, 1.82) is 0 Å². The van der Waals surface area contributed by atoms with Gasteiger partial charge in [-0.3, -0.25) is 14.5 Å². The quantitative estimate of drug-likeness (QED) is 0.870. The molecule has 0 aromatic heterocycles. The van der Waals surface area contributed by atoms with Crippen molar-refractivity contribution in [2.45, 2.75) is 38.6 Å². The van der Waals surface area contributed by atoms with Gasteiger partial charge in [0.1, 0.15) is 0 Å². The molecule has 28 heavy (non-hydrogen) atoms. The third-order valence-electron chi connectivity index (χ3n) is 5.80. The molecule has 0 saturated carbocycles. The van der Waals surface area contributed by atoms with E-state index in [1.54, 1.807) is 11.8 Å². The van der Waals surface area contributed by atoms with Crippen LogP contribution in [0.3, 0.4) is 0 Å². The summed E-state index contributed by atoms with van der Waals surface area (Å²) >= 11 is 0. The maximum absolute atomic E-state index is 12.6. The molecule has 2 heterocycles. The smallest absolute Gasteiger partial charge is 0.238 e. The number of benzene rings is 2. The van der Waals surface area contributed by atoms with Gasteiger partial charge in [0.15, 0.2) is 0 Å². The lowest BCUT2D eigenvalue weighted by Gasteiger charge is -2.24. The van der Waals surface area contributed by atoms with Gasteiger partial charge in [0.25, 0.3) is 0 Å². The van der Waals surface area contributed by atoms with Gasteiger partial charge in [0.05, 0.1) is 6.54 Å². The largest absolute Gasteiger partial charge is 0.325 e.